The maximum atomic E-state index is 10.9. The number of hydrogen-bond donors (Lipinski definition) is 0. The van der Waals surface area contributed by atoms with Gasteiger partial charge < -0.3 is 9.16 Å². The van der Waals surface area contributed by atoms with Crippen LogP contribution in [-0.2, 0) is 15.6 Å². The lowest BCUT2D eigenvalue weighted by Crippen LogP contribution is -2.30. The van der Waals surface area contributed by atoms with Crippen molar-refractivity contribution in [3.8, 4) is 17.1 Å². The molecule has 1 heterocycles. The summed E-state index contributed by atoms with van der Waals surface area (Å²) >= 11 is 0. The summed E-state index contributed by atoms with van der Waals surface area (Å²) < 4.78 is 11.1. The average Bonchev–Trinajstić information content (AvgIpc) is 2.52. The van der Waals surface area contributed by atoms with E-state index in [2.05, 4.69) is 36.5 Å². The number of esters is 1. The van der Waals surface area contributed by atoms with E-state index in [0.29, 0.717) is 11.6 Å². The lowest BCUT2D eigenvalue weighted by Gasteiger charge is -2.23. The smallest absolute Gasteiger partial charge is 0.308 e. The Morgan fingerprint density at radius 3 is 2.24 bits per heavy atom. The number of benzene rings is 1. The second kappa shape index (κ2) is 8.36. The third-order valence-electron chi connectivity index (χ3n) is 3.47. The predicted octanol–water partition coefficient (Wildman–Crippen LogP) is 4.24. The van der Waals surface area contributed by atoms with Gasteiger partial charge in [0.05, 0.1) is 0 Å². The fourth-order valence-corrected chi connectivity index (χ4v) is 3.83. The number of aryl methyl sites for hydroxylation is 1. The molecule has 0 aliphatic heterocycles. The van der Waals surface area contributed by atoms with Crippen LogP contribution in [-0.4, -0.2) is 30.4 Å². The summed E-state index contributed by atoms with van der Waals surface area (Å²) in [5, 5.41) is 0. The molecular weight excluding hydrogens is 332 g/mol. The molecule has 1 atom stereocenters. The summed E-state index contributed by atoms with van der Waals surface area (Å²) in [4.78, 5) is 19.8. The largest absolute Gasteiger partial charge is 0.427 e. The van der Waals surface area contributed by atoms with E-state index in [1.54, 1.807) is 12.1 Å². The number of nitrogens with zero attached hydrogens (tertiary/aromatic N) is 2. The minimum Gasteiger partial charge on any atom is -0.427 e. The monoisotopic (exact) mass is 358 g/mol. The van der Waals surface area contributed by atoms with Gasteiger partial charge in [0.25, 0.3) is 0 Å². The van der Waals surface area contributed by atoms with E-state index in [1.807, 2.05) is 24.5 Å². The Morgan fingerprint density at radius 1 is 1.12 bits per heavy atom. The highest BCUT2D eigenvalue weighted by atomic mass is 28.4. The molecule has 0 fully saturated rings. The highest BCUT2D eigenvalue weighted by Gasteiger charge is 2.18. The Kier molecular flexibility index (Phi) is 6.44. The molecule has 0 bridgehead atoms. The van der Waals surface area contributed by atoms with Gasteiger partial charge in [-0.2, -0.15) is 0 Å². The number of hydrogen-bond acceptors (Lipinski definition) is 5. The molecule has 2 rings (SSSR count). The standard InChI is InChI=1S/C19H26N2O3Si/c1-14(24-25(3,4)5)6-7-16-12-20-19(21-13-16)17-8-10-18(11-9-17)23-15(2)22/h8-14H,6-7H2,1-5H3. The summed E-state index contributed by atoms with van der Waals surface area (Å²) in [7, 11) is -1.49. The summed E-state index contributed by atoms with van der Waals surface area (Å²) in [6.07, 6.45) is 5.84. The van der Waals surface area contributed by atoms with Gasteiger partial charge in [-0.1, -0.05) is 0 Å². The second-order valence-electron chi connectivity index (χ2n) is 7.11. The number of carbonyl (C=O) groups is 1. The van der Waals surface area contributed by atoms with Crippen molar-refractivity contribution in [1.82, 2.24) is 9.97 Å². The molecule has 1 unspecified atom stereocenters. The minimum absolute atomic E-state index is 0.250. The lowest BCUT2D eigenvalue weighted by atomic mass is 10.1. The fourth-order valence-electron chi connectivity index (χ4n) is 2.50. The molecule has 0 N–H and O–H groups in total. The van der Waals surface area contributed by atoms with Gasteiger partial charge in [-0.25, -0.2) is 9.97 Å². The van der Waals surface area contributed by atoms with Crippen LogP contribution in [0, 0.1) is 0 Å². The molecule has 134 valence electrons. The first-order valence-electron chi connectivity index (χ1n) is 8.50. The fraction of sp³-hybridized carbons (Fsp3) is 0.421. The molecule has 25 heavy (non-hydrogen) atoms. The van der Waals surface area contributed by atoms with Crippen molar-refractivity contribution in [2.24, 2.45) is 0 Å². The Morgan fingerprint density at radius 2 is 1.72 bits per heavy atom. The second-order valence-corrected chi connectivity index (χ2v) is 11.6. The summed E-state index contributed by atoms with van der Waals surface area (Å²) in [5.41, 5.74) is 1.99. The topological polar surface area (TPSA) is 61.3 Å². The van der Waals surface area contributed by atoms with Crippen molar-refractivity contribution in [3.05, 3.63) is 42.2 Å². The third kappa shape index (κ3) is 6.76. The van der Waals surface area contributed by atoms with Crippen molar-refractivity contribution >= 4 is 14.3 Å². The molecule has 5 nitrogen and oxygen atoms in total. The first-order valence-corrected chi connectivity index (χ1v) is 11.9. The Bertz CT molecular complexity index is 694. The van der Waals surface area contributed by atoms with Crippen molar-refractivity contribution < 1.29 is 14.0 Å². The molecule has 2 aromatic rings. The average molecular weight is 359 g/mol. The van der Waals surface area contributed by atoms with Gasteiger partial charge in [-0.3, -0.25) is 4.79 Å². The zero-order chi connectivity index (χ0) is 18.4. The van der Waals surface area contributed by atoms with Crippen molar-refractivity contribution in [2.75, 3.05) is 0 Å². The van der Waals surface area contributed by atoms with Crippen LogP contribution in [0.4, 0.5) is 0 Å². The minimum atomic E-state index is -1.49. The number of ether oxygens (including phenoxy) is 1. The van der Waals surface area contributed by atoms with Crippen LogP contribution in [0.2, 0.25) is 19.6 Å². The molecule has 6 heteroatoms. The maximum absolute atomic E-state index is 10.9. The van der Waals surface area contributed by atoms with Crippen molar-refractivity contribution in [2.45, 2.75) is 52.4 Å². The van der Waals surface area contributed by atoms with Crippen LogP contribution in [0.5, 0.6) is 5.75 Å². The van der Waals surface area contributed by atoms with Crippen LogP contribution < -0.4 is 4.74 Å². The Labute approximate surface area is 150 Å². The van der Waals surface area contributed by atoms with Crippen molar-refractivity contribution in [1.29, 1.82) is 0 Å². The molecule has 0 aliphatic rings. The number of rotatable bonds is 7. The molecule has 1 aromatic carbocycles. The zero-order valence-corrected chi connectivity index (χ0v) is 16.6. The van der Waals surface area contributed by atoms with Crippen LogP contribution in [0.15, 0.2) is 36.7 Å². The molecule has 0 aliphatic carbocycles. The normalized spacial score (nSPS) is 12.7. The molecule has 0 radical (unpaired) electrons. The summed E-state index contributed by atoms with van der Waals surface area (Å²) in [5.74, 6) is 0.842. The first kappa shape index (κ1) is 19.3. The zero-order valence-electron chi connectivity index (χ0n) is 15.6. The van der Waals surface area contributed by atoms with E-state index in [1.165, 1.54) is 6.92 Å². The van der Waals surface area contributed by atoms with Crippen molar-refractivity contribution in [3.63, 3.8) is 0 Å². The molecule has 0 saturated carbocycles. The maximum Gasteiger partial charge on any atom is 0.308 e. The van der Waals surface area contributed by atoms with E-state index in [9.17, 15) is 4.79 Å². The van der Waals surface area contributed by atoms with Gasteiger partial charge in [-0.05, 0) is 69.2 Å². The highest BCUT2D eigenvalue weighted by molar-refractivity contribution is 6.69. The van der Waals surface area contributed by atoms with Gasteiger partial charge in [0.1, 0.15) is 5.75 Å². The van der Waals surface area contributed by atoms with E-state index < -0.39 is 8.32 Å². The Hall–Kier alpha value is -2.05. The molecule has 1 aromatic heterocycles. The van der Waals surface area contributed by atoms with Gasteiger partial charge >= 0.3 is 5.97 Å². The van der Waals surface area contributed by atoms with Gasteiger partial charge in [-0.15, -0.1) is 0 Å². The predicted molar refractivity (Wildman–Crippen MR) is 101 cm³/mol. The molecular formula is C19H26N2O3Si. The van der Waals surface area contributed by atoms with E-state index in [0.717, 1.165) is 24.0 Å². The highest BCUT2D eigenvalue weighted by Crippen LogP contribution is 2.20. The van der Waals surface area contributed by atoms with Gasteiger partial charge in [0.15, 0.2) is 14.1 Å². The van der Waals surface area contributed by atoms with E-state index in [4.69, 9.17) is 9.16 Å². The SMILES string of the molecule is CC(=O)Oc1ccc(-c2ncc(CCC(C)O[Si](C)(C)C)cn2)cc1. The summed E-state index contributed by atoms with van der Waals surface area (Å²) in [6, 6.07) is 7.17. The van der Waals surface area contributed by atoms with E-state index in [-0.39, 0.29) is 12.1 Å². The van der Waals surface area contributed by atoms with E-state index >= 15 is 0 Å². The van der Waals surface area contributed by atoms with Crippen LogP contribution in [0.25, 0.3) is 11.4 Å². The Balaban J connectivity index is 1.94. The van der Waals surface area contributed by atoms with Gasteiger partial charge in [0.2, 0.25) is 0 Å². The summed E-state index contributed by atoms with van der Waals surface area (Å²) in [6.45, 7) is 10.1. The van der Waals surface area contributed by atoms with Crippen LogP contribution in [0.3, 0.4) is 0 Å². The van der Waals surface area contributed by atoms with Crippen LogP contribution in [0.1, 0.15) is 25.8 Å². The molecule has 0 amide bonds. The molecule has 0 saturated heterocycles. The lowest BCUT2D eigenvalue weighted by molar-refractivity contribution is -0.131. The number of aromatic nitrogens is 2. The quantitative estimate of drug-likeness (QED) is 0.421. The third-order valence-corrected chi connectivity index (χ3v) is 4.58. The van der Waals surface area contributed by atoms with Crippen LogP contribution >= 0.6 is 0 Å². The first-order chi connectivity index (χ1) is 11.7. The number of carbonyl (C=O) groups excluding carboxylic acids is 1. The van der Waals surface area contributed by atoms with Gasteiger partial charge in [0, 0.05) is 31.0 Å². The molecule has 0 spiro atoms.